The molecule has 0 radical (unpaired) electrons. The zero-order valence-electron chi connectivity index (χ0n) is 18.1. The predicted octanol–water partition coefficient (Wildman–Crippen LogP) is 5.00. The highest BCUT2D eigenvalue weighted by atomic mass is 32.1. The fourth-order valence-electron chi connectivity index (χ4n) is 4.14. The number of hydrogen-bond acceptors (Lipinski definition) is 7. The number of nitrogens with one attached hydrogen (secondary N) is 1. The molecule has 31 heavy (non-hydrogen) atoms. The molecule has 0 aliphatic carbocycles. The topological polar surface area (TPSA) is 74.1 Å². The molecule has 1 aromatic carbocycles. The number of nitrogens with zero attached hydrogens (tertiary/aromatic N) is 4. The highest BCUT2D eigenvalue weighted by molar-refractivity contribution is 7.15. The van der Waals surface area contributed by atoms with Crippen LogP contribution >= 0.6 is 11.3 Å². The molecule has 0 fully saturated rings. The fraction of sp³-hybridized carbons (Fsp3) is 0.348. The maximum atomic E-state index is 5.49. The first-order chi connectivity index (χ1) is 15.1. The summed E-state index contributed by atoms with van der Waals surface area (Å²) in [7, 11) is 3.26. The van der Waals surface area contributed by atoms with Crippen LogP contribution in [0.3, 0.4) is 0 Å². The SMILES string of the molecule is COc1cc2nc(C)nc(N[C@H](C)c3ccc(-c4cnc5n4CCC5)s3)c2cc1OC. The van der Waals surface area contributed by atoms with Crippen LogP contribution in [0.2, 0.25) is 0 Å². The second-order valence-electron chi connectivity index (χ2n) is 7.73. The third-order valence-corrected chi connectivity index (χ3v) is 6.98. The van der Waals surface area contributed by atoms with Gasteiger partial charge >= 0.3 is 0 Å². The minimum atomic E-state index is 0.0883. The molecule has 3 aromatic heterocycles. The number of benzene rings is 1. The lowest BCUT2D eigenvalue weighted by Gasteiger charge is -2.16. The maximum Gasteiger partial charge on any atom is 0.162 e. The van der Waals surface area contributed by atoms with Crippen LogP contribution in [0.5, 0.6) is 11.5 Å². The highest BCUT2D eigenvalue weighted by Gasteiger charge is 2.20. The monoisotopic (exact) mass is 435 g/mol. The molecule has 1 atom stereocenters. The molecule has 0 unspecified atom stereocenters. The molecule has 160 valence electrons. The van der Waals surface area contributed by atoms with Crippen LogP contribution in [-0.2, 0) is 13.0 Å². The van der Waals surface area contributed by atoms with E-state index in [1.165, 1.54) is 27.7 Å². The van der Waals surface area contributed by atoms with Gasteiger partial charge in [-0.2, -0.15) is 0 Å². The number of ether oxygens (including phenoxy) is 2. The molecule has 1 N–H and O–H groups in total. The van der Waals surface area contributed by atoms with Crippen LogP contribution in [0, 0.1) is 6.92 Å². The maximum absolute atomic E-state index is 5.49. The van der Waals surface area contributed by atoms with Gasteiger partial charge in [0.2, 0.25) is 0 Å². The molecule has 8 heteroatoms. The second-order valence-corrected chi connectivity index (χ2v) is 8.84. The van der Waals surface area contributed by atoms with Crippen molar-refractivity contribution in [3.8, 4) is 22.1 Å². The summed E-state index contributed by atoms with van der Waals surface area (Å²) in [6.07, 6.45) is 4.26. The molecule has 7 nitrogen and oxygen atoms in total. The van der Waals surface area contributed by atoms with Gasteiger partial charge in [0.05, 0.1) is 42.5 Å². The third kappa shape index (κ3) is 3.50. The summed E-state index contributed by atoms with van der Waals surface area (Å²) in [5, 5.41) is 4.49. The van der Waals surface area contributed by atoms with Crippen LogP contribution in [0.15, 0.2) is 30.5 Å². The number of rotatable bonds is 6. The summed E-state index contributed by atoms with van der Waals surface area (Å²) in [6.45, 7) is 5.11. The first-order valence-corrected chi connectivity index (χ1v) is 11.2. The van der Waals surface area contributed by atoms with E-state index in [4.69, 9.17) is 9.47 Å². The Hall–Kier alpha value is -3.13. The lowest BCUT2D eigenvalue weighted by atomic mass is 10.2. The third-order valence-electron chi connectivity index (χ3n) is 5.69. The Balaban J connectivity index is 1.46. The molecule has 0 saturated carbocycles. The normalized spacial score (nSPS) is 13.9. The van der Waals surface area contributed by atoms with Gasteiger partial charge in [-0.25, -0.2) is 15.0 Å². The van der Waals surface area contributed by atoms with Crippen molar-refractivity contribution in [2.24, 2.45) is 0 Å². The Morgan fingerprint density at radius 1 is 1.13 bits per heavy atom. The summed E-state index contributed by atoms with van der Waals surface area (Å²) in [5.74, 6) is 4.00. The van der Waals surface area contributed by atoms with Gasteiger partial charge < -0.3 is 19.4 Å². The zero-order chi connectivity index (χ0) is 21.5. The highest BCUT2D eigenvalue weighted by Crippen LogP contribution is 2.37. The lowest BCUT2D eigenvalue weighted by Crippen LogP contribution is -2.08. The summed E-state index contributed by atoms with van der Waals surface area (Å²) in [5.41, 5.74) is 2.04. The van der Waals surface area contributed by atoms with Crippen molar-refractivity contribution in [1.82, 2.24) is 19.5 Å². The minimum absolute atomic E-state index is 0.0883. The van der Waals surface area contributed by atoms with Crippen LogP contribution in [-0.4, -0.2) is 33.7 Å². The largest absolute Gasteiger partial charge is 0.493 e. The smallest absolute Gasteiger partial charge is 0.162 e. The van der Waals surface area contributed by atoms with Gasteiger partial charge in [-0.3, -0.25) is 0 Å². The standard InChI is InChI=1S/C23H25N5O2S/c1-13(20-7-8-21(31-20)17-12-24-22-6-5-9-28(17)22)25-23-15-10-18(29-3)19(30-4)11-16(15)26-14(2)27-23/h7-8,10-13H,5-6,9H2,1-4H3,(H,25,26,27)/t13-/m1/s1. The summed E-state index contributed by atoms with van der Waals surface area (Å²) in [4.78, 5) is 16.3. The Kier molecular flexibility index (Phi) is 5.02. The average Bonchev–Trinajstić information content (AvgIpc) is 3.49. The van der Waals surface area contributed by atoms with E-state index in [2.05, 4.69) is 43.9 Å². The number of aryl methyl sites for hydroxylation is 2. The average molecular weight is 436 g/mol. The zero-order valence-corrected chi connectivity index (χ0v) is 18.9. The quantitative estimate of drug-likeness (QED) is 0.459. The molecular weight excluding hydrogens is 410 g/mol. The number of imidazole rings is 1. The van der Waals surface area contributed by atoms with Gasteiger partial charge in [-0.05, 0) is 38.5 Å². The van der Waals surface area contributed by atoms with E-state index < -0.39 is 0 Å². The van der Waals surface area contributed by atoms with Gasteiger partial charge in [0.1, 0.15) is 17.5 Å². The molecule has 1 aliphatic heterocycles. The number of aromatic nitrogens is 4. The first kappa shape index (κ1) is 19.8. The van der Waals surface area contributed by atoms with E-state index in [9.17, 15) is 0 Å². The molecule has 5 rings (SSSR count). The van der Waals surface area contributed by atoms with E-state index >= 15 is 0 Å². The molecular formula is C23H25N5O2S. The molecule has 0 amide bonds. The molecule has 1 aliphatic rings. The van der Waals surface area contributed by atoms with Gasteiger partial charge in [-0.15, -0.1) is 11.3 Å². The van der Waals surface area contributed by atoms with Crippen molar-refractivity contribution in [1.29, 1.82) is 0 Å². The Bertz CT molecular complexity index is 1260. The van der Waals surface area contributed by atoms with Crippen LogP contribution in [0.1, 0.15) is 35.9 Å². The number of hydrogen-bond donors (Lipinski definition) is 1. The number of fused-ring (bicyclic) bond motifs is 2. The Morgan fingerprint density at radius 3 is 2.74 bits per heavy atom. The number of methoxy groups -OCH3 is 2. The van der Waals surface area contributed by atoms with Crippen molar-refractivity contribution in [3.05, 3.63) is 47.0 Å². The van der Waals surface area contributed by atoms with Crippen LogP contribution in [0.4, 0.5) is 5.82 Å². The molecule has 4 aromatic rings. The number of thiophene rings is 1. The van der Waals surface area contributed by atoms with Crippen LogP contribution in [0.25, 0.3) is 21.5 Å². The van der Waals surface area contributed by atoms with Crippen molar-refractivity contribution in [3.63, 3.8) is 0 Å². The van der Waals surface area contributed by atoms with Gasteiger partial charge in [0.15, 0.2) is 11.5 Å². The second kappa shape index (κ2) is 7.85. The molecule has 4 heterocycles. The van der Waals surface area contributed by atoms with E-state index in [1.54, 1.807) is 25.6 Å². The van der Waals surface area contributed by atoms with E-state index in [-0.39, 0.29) is 6.04 Å². The van der Waals surface area contributed by atoms with Gasteiger partial charge in [0.25, 0.3) is 0 Å². The van der Waals surface area contributed by atoms with E-state index in [0.717, 1.165) is 29.7 Å². The van der Waals surface area contributed by atoms with Crippen LogP contribution < -0.4 is 14.8 Å². The number of anilines is 1. The first-order valence-electron chi connectivity index (χ1n) is 10.4. The van der Waals surface area contributed by atoms with E-state index in [0.29, 0.717) is 17.3 Å². The van der Waals surface area contributed by atoms with Crippen molar-refractivity contribution < 1.29 is 9.47 Å². The van der Waals surface area contributed by atoms with E-state index in [1.807, 2.05) is 25.3 Å². The molecule has 0 bridgehead atoms. The molecule has 0 spiro atoms. The fourth-order valence-corrected chi connectivity index (χ4v) is 5.17. The lowest BCUT2D eigenvalue weighted by molar-refractivity contribution is 0.356. The van der Waals surface area contributed by atoms with Gasteiger partial charge in [-0.1, -0.05) is 0 Å². The van der Waals surface area contributed by atoms with Gasteiger partial charge in [0, 0.05) is 29.3 Å². The summed E-state index contributed by atoms with van der Waals surface area (Å²) in [6, 6.07) is 8.29. The van der Waals surface area contributed by atoms with Crippen molar-refractivity contribution in [2.45, 2.75) is 39.3 Å². The van der Waals surface area contributed by atoms with Crippen molar-refractivity contribution >= 4 is 28.1 Å². The summed E-state index contributed by atoms with van der Waals surface area (Å²) >= 11 is 1.80. The minimum Gasteiger partial charge on any atom is -0.493 e. The summed E-state index contributed by atoms with van der Waals surface area (Å²) < 4.78 is 13.3. The predicted molar refractivity (Wildman–Crippen MR) is 123 cm³/mol. The Morgan fingerprint density at radius 2 is 1.94 bits per heavy atom. The Labute approximate surface area is 185 Å². The van der Waals surface area contributed by atoms with Crippen molar-refractivity contribution in [2.75, 3.05) is 19.5 Å². The molecule has 0 saturated heterocycles.